The fourth-order valence-corrected chi connectivity index (χ4v) is 5.24. The lowest BCUT2D eigenvalue weighted by Crippen LogP contribution is -2.29. The smallest absolute Gasteiger partial charge is 0.301 e. The molecular weight excluding hydrogens is 474 g/mol. The lowest BCUT2D eigenvalue weighted by atomic mass is 9.96. The van der Waals surface area contributed by atoms with Crippen LogP contribution in [0.5, 0.6) is 5.75 Å². The van der Waals surface area contributed by atoms with Gasteiger partial charge < -0.3 is 9.84 Å². The topological polar surface area (TPSA) is 92.6 Å². The van der Waals surface area contributed by atoms with Gasteiger partial charge in [0.2, 0.25) is 0 Å². The summed E-state index contributed by atoms with van der Waals surface area (Å²) < 4.78 is 6.66. The summed E-state index contributed by atoms with van der Waals surface area (Å²) in [7, 11) is 0. The molecule has 36 heavy (non-hydrogen) atoms. The first-order valence-corrected chi connectivity index (χ1v) is 12.7. The standard InChI is InChI=1S/C28H25N3O4S/c1-2-3-6-16-35-20-13-11-18(12-14-20)25(32)23-24(19-8-7-15-29-17-19)31(27(34)26(23)33)28-30-21-9-4-5-10-22(21)36-28/h4-5,7-15,17,24,32H,2-3,6,16H2,1H3/b25-23+. The van der Waals surface area contributed by atoms with E-state index in [1.54, 1.807) is 48.8 Å². The molecule has 182 valence electrons. The summed E-state index contributed by atoms with van der Waals surface area (Å²) in [5.74, 6) is -1.06. The van der Waals surface area contributed by atoms with E-state index in [0.717, 1.165) is 29.5 Å². The van der Waals surface area contributed by atoms with E-state index in [9.17, 15) is 14.7 Å². The van der Waals surface area contributed by atoms with E-state index >= 15 is 0 Å². The number of ether oxygens (including phenoxy) is 1. The molecule has 0 saturated carbocycles. The third-order valence-corrected chi connectivity index (χ3v) is 7.11. The number of ketones is 1. The number of amides is 1. The van der Waals surface area contributed by atoms with Crippen molar-refractivity contribution in [3.8, 4) is 5.75 Å². The minimum atomic E-state index is -0.857. The summed E-state index contributed by atoms with van der Waals surface area (Å²) in [6, 6.07) is 17.1. The predicted octanol–water partition coefficient (Wildman–Crippen LogP) is 5.89. The van der Waals surface area contributed by atoms with Gasteiger partial charge in [-0.15, -0.1) is 0 Å². The summed E-state index contributed by atoms with van der Waals surface area (Å²) in [6.45, 7) is 2.75. The van der Waals surface area contributed by atoms with Crippen LogP contribution in [-0.4, -0.2) is 33.4 Å². The maximum atomic E-state index is 13.3. The zero-order chi connectivity index (χ0) is 25.1. The number of hydrogen-bond acceptors (Lipinski definition) is 7. The van der Waals surface area contributed by atoms with Gasteiger partial charge >= 0.3 is 5.91 Å². The van der Waals surface area contributed by atoms with Crippen LogP contribution in [0.25, 0.3) is 16.0 Å². The number of hydrogen-bond donors (Lipinski definition) is 1. The molecule has 1 atom stereocenters. The molecule has 3 heterocycles. The van der Waals surface area contributed by atoms with Crippen LogP contribution in [0.15, 0.2) is 78.6 Å². The van der Waals surface area contributed by atoms with Crippen molar-refractivity contribution in [3.05, 3.63) is 89.8 Å². The van der Waals surface area contributed by atoms with Gasteiger partial charge in [-0.05, 0) is 54.4 Å². The number of thiazole rings is 1. The Kier molecular flexibility index (Phi) is 6.77. The zero-order valence-electron chi connectivity index (χ0n) is 19.8. The largest absolute Gasteiger partial charge is 0.507 e. The second-order valence-electron chi connectivity index (χ2n) is 8.50. The summed E-state index contributed by atoms with van der Waals surface area (Å²) in [6.07, 6.45) is 6.40. The highest BCUT2D eigenvalue weighted by molar-refractivity contribution is 7.22. The first kappa shape index (κ1) is 23.7. The van der Waals surface area contributed by atoms with Gasteiger partial charge in [-0.1, -0.05) is 49.3 Å². The zero-order valence-corrected chi connectivity index (χ0v) is 20.6. The Morgan fingerprint density at radius 1 is 1.06 bits per heavy atom. The molecule has 0 spiro atoms. The van der Waals surface area contributed by atoms with Crippen molar-refractivity contribution in [2.75, 3.05) is 11.5 Å². The minimum Gasteiger partial charge on any atom is -0.507 e. The number of unbranched alkanes of at least 4 members (excludes halogenated alkanes) is 2. The van der Waals surface area contributed by atoms with Crippen LogP contribution < -0.4 is 9.64 Å². The van der Waals surface area contributed by atoms with Crippen molar-refractivity contribution in [2.24, 2.45) is 0 Å². The number of aliphatic hydroxyl groups excluding tert-OH is 1. The highest BCUT2D eigenvalue weighted by atomic mass is 32.1. The monoisotopic (exact) mass is 499 g/mol. The maximum Gasteiger partial charge on any atom is 0.301 e. The number of anilines is 1. The molecule has 5 rings (SSSR count). The predicted molar refractivity (Wildman–Crippen MR) is 140 cm³/mol. The van der Waals surface area contributed by atoms with E-state index in [2.05, 4.69) is 16.9 Å². The molecule has 1 N–H and O–H groups in total. The van der Waals surface area contributed by atoms with Crippen LogP contribution in [0, 0.1) is 0 Å². The molecule has 0 radical (unpaired) electrons. The average molecular weight is 500 g/mol. The molecule has 2 aromatic carbocycles. The summed E-state index contributed by atoms with van der Waals surface area (Å²) in [5.41, 5.74) is 1.77. The van der Waals surface area contributed by atoms with E-state index in [1.165, 1.54) is 16.2 Å². The molecule has 1 aliphatic heterocycles. The number of aliphatic hydroxyl groups is 1. The van der Waals surface area contributed by atoms with Crippen LogP contribution in [0.4, 0.5) is 5.13 Å². The molecule has 1 saturated heterocycles. The van der Waals surface area contributed by atoms with Crippen LogP contribution in [0.2, 0.25) is 0 Å². The Labute approximate surface area is 212 Å². The lowest BCUT2D eigenvalue weighted by molar-refractivity contribution is -0.132. The Morgan fingerprint density at radius 3 is 2.58 bits per heavy atom. The molecule has 0 aliphatic carbocycles. The molecular formula is C28H25N3O4S. The van der Waals surface area contributed by atoms with E-state index in [4.69, 9.17) is 4.74 Å². The first-order chi connectivity index (χ1) is 17.6. The lowest BCUT2D eigenvalue weighted by Gasteiger charge is -2.22. The fourth-order valence-electron chi connectivity index (χ4n) is 4.25. The summed E-state index contributed by atoms with van der Waals surface area (Å²) in [5, 5.41) is 11.7. The number of carbonyl (C=O) groups excluding carboxylic acids is 2. The fraction of sp³-hybridized carbons (Fsp3) is 0.214. The highest BCUT2D eigenvalue weighted by Crippen LogP contribution is 2.44. The number of nitrogens with zero attached hydrogens (tertiary/aromatic N) is 3. The van der Waals surface area contributed by atoms with Gasteiger partial charge in [0, 0.05) is 18.0 Å². The Hall–Kier alpha value is -4.04. The Morgan fingerprint density at radius 2 is 1.86 bits per heavy atom. The maximum absolute atomic E-state index is 13.3. The Balaban J connectivity index is 1.55. The molecule has 7 nitrogen and oxygen atoms in total. The molecule has 2 aromatic heterocycles. The van der Waals surface area contributed by atoms with Gasteiger partial charge in [0.25, 0.3) is 5.78 Å². The average Bonchev–Trinajstić information content (AvgIpc) is 3.45. The molecule has 1 fully saturated rings. The van der Waals surface area contributed by atoms with E-state index in [1.807, 2.05) is 24.3 Å². The van der Waals surface area contributed by atoms with Crippen molar-refractivity contribution in [2.45, 2.75) is 32.2 Å². The van der Waals surface area contributed by atoms with Gasteiger partial charge in [0.1, 0.15) is 11.5 Å². The van der Waals surface area contributed by atoms with Gasteiger partial charge in [0.15, 0.2) is 5.13 Å². The molecule has 4 aromatic rings. The van der Waals surface area contributed by atoms with Crippen molar-refractivity contribution >= 4 is 44.1 Å². The number of rotatable bonds is 8. The second kappa shape index (κ2) is 10.3. The Bertz CT molecular complexity index is 1400. The van der Waals surface area contributed by atoms with Crippen LogP contribution in [-0.2, 0) is 9.59 Å². The van der Waals surface area contributed by atoms with Crippen molar-refractivity contribution in [1.29, 1.82) is 0 Å². The minimum absolute atomic E-state index is 0.00358. The van der Waals surface area contributed by atoms with Crippen LogP contribution in [0.1, 0.15) is 43.4 Å². The number of benzene rings is 2. The van der Waals surface area contributed by atoms with E-state index in [0.29, 0.717) is 28.6 Å². The summed E-state index contributed by atoms with van der Waals surface area (Å²) in [4.78, 5) is 36.7. The quantitative estimate of drug-likeness (QED) is 0.141. The van der Waals surface area contributed by atoms with Gasteiger partial charge in [0.05, 0.1) is 28.4 Å². The summed E-state index contributed by atoms with van der Waals surface area (Å²) >= 11 is 1.32. The van der Waals surface area contributed by atoms with Crippen LogP contribution >= 0.6 is 11.3 Å². The molecule has 1 amide bonds. The highest BCUT2D eigenvalue weighted by Gasteiger charge is 2.48. The molecule has 8 heteroatoms. The number of para-hydroxylation sites is 1. The van der Waals surface area contributed by atoms with Crippen molar-refractivity contribution < 1.29 is 19.4 Å². The third-order valence-electron chi connectivity index (χ3n) is 6.08. The SMILES string of the molecule is CCCCCOc1ccc(/C(O)=C2\C(=O)C(=O)N(c3nc4ccccc4s3)C2c2cccnc2)cc1. The number of pyridine rings is 1. The first-order valence-electron chi connectivity index (χ1n) is 11.9. The van der Waals surface area contributed by atoms with Gasteiger partial charge in [-0.3, -0.25) is 19.5 Å². The van der Waals surface area contributed by atoms with E-state index < -0.39 is 17.7 Å². The van der Waals surface area contributed by atoms with Crippen molar-refractivity contribution in [3.63, 3.8) is 0 Å². The molecule has 1 aliphatic rings. The van der Waals surface area contributed by atoms with E-state index in [-0.39, 0.29) is 11.3 Å². The number of fused-ring (bicyclic) bond motifs is 1. The number of Topliss-reactive ketones (excluding diaryl/α,β-unsaturated/α-hetero) is 1. The number of carbonyl (C=O) groups is 2. The molecule has 1 unspecified atom stereocenters. The number of aromatic nitrogens is 2. The van der Waals surface area contributed by atoms with Gasteiger partial charge in [-0.25, -0.2) is 4.98 Å². The third kappa shape index (κ3) is 4.47. The normalized spacial score (nSPS) is 17.1. The second-order valence-corrected chi connectivity index (χ2v) is 9.51. The van der Waals surface area contributed by atoms with Crippen molar-refractivity contribution in [1.82, 2.24) is 9.97 Å². The molecule has 0 bridgehead atoms. The van der Waals surface area contributed by atoms with Gasteiger partial charge in [-0.2, -0.15) is 0 Å². The van der Waals surface area contributed by atoms with Crippen LogP contribution in [0.3, 0.4) is 0 Å².